The van der Waals surface area contributed by atoms with Crippen LogP contribution in [0.3, 0.4) is 0 Å². The number of guanidine groups is 1. The fraction of sp³-hybridized carbons (Fsp3) is 0.375. The fourth-order valence-electron chi connectivity index (χ4n) is 0.832. The third kappa shape index (κ3) is 3.36. The lowest BCUT2D eigenvalue weighted by Crippen LogP contribution is -2.31. The Morgan fingerprint density at radius 2 is 2.54 bits per heavy atom. The van der Waals surface area contributed by atoms with Crippen LogP contribution in [0.5, 0.6) is 0 Å². The maximum absolute atomic E-state index is 5.58. The van der Waals surface area contributed by atoms with E-state index in [1.54, 1.807) is 11.3 Å². The SMILES string of the molecule is CCNC(N)=NCc1sccc1Br. The molecular weight excluding hydrogens is 250 g/mol. The molecule has 0 radical (unpaired) electrons. The van der Waals surface area contributed by atoms with E-state index >= 15 is 0 Å². The highest BCUT2D eigenvalue weighted by Crippen LogP contribution is 2.22. The monoisotopic (exact) mass is 261 g/mol. The molecule has 0 unspecified atom stereocenters. The van der Waals surface area contributed by atoms with Crippen LogP contribution in [0, 0.1) is 0 Å². The molecule has 5 heteroatoms. The Morgan fingerprint density at radius 1 is 1.77 bits per heavy atom. The van der Waals surface area contributed by atoms with Crippen LogP contribution in [-0.2, 0) is 6.54 Å². The summed E-state index contributed by atoms with van der Waals surface area (Å²) in [7, 11) is 0. The number of halogens is 1. The van der Waals surface area contributed by atoms with Crippen molar-refractivity contribution in [3.63, 3.8) is 0 Å². The van der Waals surface area contributed by atoms with E-state index in [9.17, 15) is 0 Å². The summed E-state index contributed by atoms with van der Waals surface area (Å²) >= 11 is 5.11. The minimum atomic E-state index is 0.503. The van der Waals surface area contributed by atoms with E-state index in [1.807, 2.05) is 18.4 Å². The second-order valence-corrected chi connectivity index (χ2v) is 4.28. The number of hydrogen-bond donors (Lipinski definition) is 2. The highest BCUT2D eigenvalue weighted by atomic mass is 79.9. The summed E-state index contributed by atoms with van der Waals surface area (Å²) in [5.74, 6) is 0.503. The Kier molecular flexibility index (Phi) is 4.24. The second-order valence-electron chi connectivity index (χ2n) is 2.42. The fourth-order valence-corrected chi connectivity index (χ4v) is 2.23. The maximum atomic E-state index is 5.58. The van der Waals surface area contributed by atoms with Crippen LogP contribution >= 0.6 is 27.3 Å². The summed E-state index contributed by atoms with van der Waals surface area (Å²) < 4.78 is 1.10. The van der Waals surface area contributed by atoms with Crippen molar-refractivity contribution in [2.24, 2.45) is 10.7 Å². The predicted molar refractivity (Wildman–Crippen MR) is 61.0 cm³/mol. The van der Waals surface area contributed by atoms with E-state index in [1.165, 1.54) is 4.88 Å². The summed E-state index contributed by atoms with van der Waals surface area (Å²) in [6, 6.07) is 2.01. The number of thiophene rings is 1. The molecule has 0 saturated carbocycles. The molecule has 0 aliphatic carbocycles. The van der Waals surface area contributed by atoms with E-state index in [0.717, 1.165) is 11.0 Å². The van der Waals surface area contributed by atoms with Crippen LogP contribution in [0.15, 0.2) is 20.9 Å². The van der Waals surface area contributed by atoms with Crippen molar-refractivity contribution < 1.29 is 0 Å². The zero-order valence-corrected chi connectivity index (χ0v) is 9.78. The Labute approximate surface area is 90.2 Å². The molecule has 3 N–H and O–H groups in total. The Bertz CT molecular complexity index is 295. The Morgan fingerprint density at radius 3 is 3.08 bits per heavy atom. The molecule has 0 atom stereocenters. The van der Waals surface area contributed by atoms with Gasteiger partial charge in [-0.3, -0.25) is 0 Å². The second kappa shape index (κ2) is 5.24. The van der Waals surface area contributed by atoms with Gasteiger partial charge in [-0.25, -0.2) is 4.99 Å². The minimum absolute atomic E-state index is 0.503. The van der Waals surface area contributed by atoms with Crippen LogP contribution in [0.4, 0.5) is 0 Å². The van der Waals surface area contributed by atoms with E-state index in [0.29, 0.717) is 12.5 Å². The Hall–Kier alpha value is -0.550. The van der Waals surface area contributed by atoms with Gasteiger partial charge in [0, 0.05) is 15.9 Å². The van der Waals surface area contributed by atoms with Crippen molar-refractivity contribution in [1.82, 2.24) is 5.32 Å². The lowest BCUT2D eigenvalue weighted by Gasteiger charge is -2.00. The molecule has 0 spiro atoms. The number of nitrogens with two attached hydrogens (primary N) is 1. The summed E-state index contributed by atoms with van der Waals surface area (Å²) in [5, 5.41) is 4.97. The predicted octanol–water partition coefficient (Wildman–Crippen LogP) is 1.93. The number of nitrogens with one attached hydrogen (secondary N) is 1. The van der Waals surface area contributed by atoms with Gasteiger partial charge in [-0.2, -0.15) is 0 Å². The molecule has 0 amide bonds. The van der Waals surface area contributed by atoms with Gasteiger partial charge in [0.05, 0.1) is 6.54 Å². The molecule has 1 aromatic rings. The first-order valence-corrected chi connectivity index (χ1v) is 5.67. The van der Waals surface area contributed by atoms with Gasteiger partial charge >= 0.3 is 0 Å². The molecule has 0 fully saturated rings. The van der Waals surface area contributed by atoms with Gasteiger partial charge in [0.2, 0.25) is 0 Å². The molecule has 0 aromatic carbocycles. The molecule has 0 aliphatic rings. The molecule has 72 valence electrons. The largest absolute Gasteiger partial charge is 0.370 e. The van der Waals surface area contributed by atoms with E-state index in [-0.39, 0.29) is 0 Å². The first-order valence-electron chi connectivity index (χ1n) is 3.99. The average molecular weight is 262 g/mol. The van der Waals surface area contributed by atoms with Gasteiger partial charge in [-0.1, -0.05) is 0 Å². The minimum Gasteiger partial charge on any atom is -0.370 e. The molecule has 1 heterocycles. The smallest absolute Gasteiger partial charge is 0.188 e. The number of aliphatic imine (C=N–C) groups is 1. The summed E-state index contributed by atoms with van der Waals surface area (Å²) in [5.41, 5.74) is 5.58. The van der Waals surface area contributed by atoms with Crippen LogP contribution in [0.25, 0.3) is 0 Å². The quantitative estimate of drug-likeness (QED) is 0.646. The van der Waals surface area contributed by atoms with Crippen LogP contribution in [-0.4, -0.2) is 12.5 Å². The van der Waals surface area contributed by atoms with Crippen molar-refractivity contribution >= 4 is 33.2 Å². The topological polar surface area (TPSA) is 50.4 Å². The molecular formula is C8H12BrN3S. The first kappa shape index (κ1) is 10.5. The average Bonchev–Trinajstić information content (AvgIpc) is 2.48. The van der Waals surface area contributed by atoms with Crippen molar-refractivity contribution in [2.75, 3.05) is 6.54 Å². The van der Waals surface area contributed by atoms with Crippen molar-refractivity contribution in [1.29, 1.82) is 0 Å². The zero-order valence-electron chi connectivity index (χ0n) is 7.38. The van der Waals surface area contributed by atoms with Crippen LogP contribution < -0.4 is 11.1 Å². The highest BCUT2D eigenvalue weighted by molar-refractivity contribution is 9.10. The van der Waals surface area contributed by atoms with Gasteiger partial charge in [-0.05, 0) is 34.3 Å². The first-order chi connectivity index (χ1) is 6.24. The maximum Gasteiger partial charge on any atom is 0.188 e. The highest BCUT2D eigenvalue weighted by Gasteiger charge is 1.99. The third-order valence-corrected chi connectivity index (χ3v) is 3.35. The third-order valence-electron chi connectivity index (χ3n) is 1.44. The van der Waals surface area contributed by atoms with E-state index in [2.05, 4.69) is 26.2 Å². The van der Waals surface area contributed by atoms with Gasteiger partial charge in [-0.15, -0.1) is 11.3 Å². The molecule has 0 saturated heterocycles. The van der Waals surface area contributed by atoms with Crippen molar-refractivity contribution in [3.8, 4) is 0 Å². The number of rotatable bonds is 3. The molecule has 1 rings (SSSR count). The number of nitrogens with zero attached hydrogens (tertiary/aromatic N) is 1. The van der Waals surface area contributed by atoms with Crippen LogP contribution in [0.1, 0.15) is 11.8 Å². The van der Waals surface area contributed by atoms with Crippen molar-refractivity contribution in [3.05, 3.63) is 20.8 Å². The van der Waals surface area contributed by atoms with Gasteiger partial charge < -0.3 is 11.1 Å². The molecule has 0 bridgehead atoms. The van der Waals surface area contributed by atoms with Gasteiger partial charge in [0.15, 0.2) is 5.96 Å². The van der Waals surface area contributed by atoms with Gasteiger partial charge in [0.25, 0.3) is 0 Å². The van der Waals surface area contributed by atoms with E-state index < -0.39 is 0 Å². The Balaban J connectivity index is 2.51. The summed E-state index contributed by atoms with van der Waals surface area (Å²) in [4.78, 5) is 5.38. The van der Waals surface area contributed by atoms with Crippen LogP contribution in [0.2, 0.25) is 0 Å². The molecule has 13 heavy (non-hydrogen) atoms. The normalized spacial score (nSPS) is 11.7. The lowest BCUT2D eigenvalue weighted by molar-refractivity contribution is 0.929. The zero-order chi connectivity index (χ0) is 9.68. The summed E-state index contributed by atoms with van der Waals surface area (Å²) in [6.45, 7) is 3.43. The molecule has 3 nitrogen and oxygen atoms in total. The summed E-state index contributed by atoms with van der Waals surface area (Å²) in [6.07, 6.45) is 0. The lowest BCUT2D eigenvalue weighted by atomic mass is 10.5. The van der Waals surface area contributed by atoms with E-state index in [4.69, 9.17) is 5.73 Å². The molecule has 0 aliphatic heterocycles. The van der Waals surface area contributed by atoms with Crippen molar-refractivity contribution in [2.45, 2.75) is 13.5 Å². The molecule has 1 aromatic heterocycles. The van der Waals surface area contributed by atoms with Gasteiger partial charge in [0.1, 0.15) is 0 Å². The number of hydrogen-bond acceptors (Lipinski definition) is 2. The standard InChI is InChI=1S/C8H12BrN3S/c1-2-11-8(10)12-5-7-6(9)3-4-13-7/h3-4H,2,5H2,1H3,(H3,10,11,12).